The van der Waals surface area contributed by atoms with Crippen molar-refractivity contribution < 1.29 is 28.1 Å². The van der Waals surface area contributed by atoms with Gasteiger partial charge in [-0.2, -0.15) is 0 Å². The number of fused-ring (bicyclic) bond motifs is 1. The van der Waals surface area contributed by atoms with Crippen LogP contribution in [-0.2, 0) is 16.1 Å². The van der Waals surface area contributed by atoms with Gasteiger partial charge in [0.05, 0.1) is 12.8 Å². The minimum absolute atomic E-state index is 0.147. The molecule has 0 aromatic heterocycles. The fraction of sp³-hybridized carbons (Fsp3) is 0.350. The predicted molar refractivity (Wildman–Crippen MR) is 182 cm³/mol. The minimum atomic E-state index is -0.252. The van der Waals surface area contributed by atoms with Crippen molar-refractivity contribution in [2.24, 2.45) is 11.3 Å². The summed E-state index contributed by atoms with van der Waals surface area (Å²) in [6.07, 6.45) is 4.08. The lowest BCUT2D eigenvalue weighted by Gasteiger charge is -2.54. The van der Waals surface area contributed by atoms with Gasteiger partial charge in [-0.15, -0.1) is 0 Å². The number of piperidine rings is 1. The van der Waals surface area contributed by atoms with Gasteiger partial charge in [0.1, 0.15) is 36.3 Å². The van der Waals surface area contributed by atoms with Crippen LogP contribution < -0.4 is 19.1 Å². The molecule has 2 fully saturated rings. The maximum absolute atomic E-state index is 16.3. The molecule has 1 saturated carbocycles. The minimum Gasteiger partial charge on any atom is -0.496 e. The van der Waals surface area contributed by atoms with Crippen LogP contribution in [0, 0.1) is 17.2 Å². The van der Waals surface area contributed by atoms with Gasteiger partial charge in [-0.3, -0.25) is 0 Å². The summed E-state index contributed by atoms with van der Waals surface area (Å²) in [6.45, 7) is 2.40. The highest BCUT2D eigenvalue weighted by Gasteiger charge is 2.49. The number of ether oxygens (including phenoxy) is 5. The maximum Gasteiger partial charge on any atom is 0.159 e. The molecule has 0 bridgehead atoms. The third-order valence-corrected chi connectivity index (χ3v) is 10.2. The number of benzene rings is 4. The Morgan fingerprint density at radius 2 is 1.55 bits per heavy atom. The third-order valence-electron chi connectivity index (χ3n) is 10.2. The molecule has 1 aliphatic carbocycles. The average molecular weight is 636 g/mol. The van der Waals surface area contributed by atoms with Crippen molar-refractivity contribution in [3.63, 3.8) is 0 Å². The van der Waals surface area contributed by atoms with Crippen LogP contribution in [0.4, 0.5) is 10.1 Å². The summed E-state index contributed by atoms with van der Waals surface area (Å²) < 4.78 is 45.8. The van der Waals surface area contributed by atoms with E-state index in [2.05, 4.69) is 17.0 Å². The Bertz CT molecular complexity index is 1720. The van der Waals surface area contributed by atoms with E-state index in [1.165, 1.54) is 0 Å². The molecule has 0 amide bonds. The maximum atomic E-state index is 16.3. The van der Waals surface area contributed by atoms with E-state index in [-0.39, 0.29) is 12.1 Å². The van der Waals surface area contributed by atoms with Crippen LogP contribution in [0.15, 0.2) is 91.0 Å². The van der Waals surface area contributed by atoms with Gasteiger partial charge in [-0.1, -0.05) is 60.7 Å². The molecule has 6 nitrogen and oxygen atoms in total. The summed E-state index contributed by atoms with van der Waals surface area (Å²) in [5.41, 5.74) is 6.44. The summed E-state index contributed by atoms with van der Waals surface area (Å²) in [7, 11) is 5.07. The Labute approximate surface area is 276 Å². The van der Waals surface area contributed by atoms with Gasteiger partial charge in [-0.25, -0.2) is 4.39 Å². The first kappa shape index (κ1) is 31.3. The average Bonchev–Trinajstić information content (AvgIpc) is 3.11. The van der Waals surface area contributed by atoms with Gasteiger partial charge in [0.15, 0.2) is 6.29 Å². The fourth-order valence-electron chi connectivity index (χ4n) is 7.72. The molecule has 4 aromatic rings. The van der Waals surface area contributed by atoms with Gasteiger partial charge in [-0.05, 0) is 60.4 Å². The second-order valence-corrected chi connectivity index (χ2v) is 12.9. The van der Waals surface area contributed by atoms with E-state index in [1.807, 2.05) is 72.8 Å². The van der Waals surface area contributed by atoms with E-state index >= 15 is 4.39 Å². The highest BCUT2D eigenvalue weighted by molar-refractivity contribution is 6.03. The van der Waals surface area contributed by atoms with Crippen LogP contribution in [0.5, 0.6) is 17.2 Å². The van der Waals surface area contributed by atoms with E-state index in [4.69, 9.17) is 23.7 Å². The standard InChI is InChI=1S/C40H42FNO5/c1-43-36-22-35(42-18-16-40(17-19-42)23-29(24-40)39(44-2)45-3)34(41)21-32(36)38-31-15-14-30(46-25-27-10-6-4-7-11-27)20-37(31)47-26-33(38)28-12-8-5-9-13-28/h4-15,20-22,29,39H,16-19,23-26H2,1-3H3. The van der Waals surface area contributed by atoms with E-state index < -0.39 is 0 Å². The Morgan fingerprint density at radius 3 is 2.23 bits per heavy atom. The zero-order valence-electron chi connectivity index (χ0n) is 27.3. The molecule has 2 aliphatic heterocycles. The lowest BCUT2D eigenvalue weighted by atomic mass is 9.57. The largest absolute Gasteiger partial charge is 0.496 e. The molecule has 0 radical (unpaired) electrons. The summed E-state index contributed by atoms with van der Waals surface area (Å²) in [6, 6.07) is 29.6. The zero-order valence-corrected chi connectivity index (χ0v) is 27.3. The highest BCUT2D eigenvalue weighted by Crippen LogP contribution is 2.55. The Morgan fingerprint density at radius 1 is 0.851 bits per heavy atom. The topological polar surface area (TPSA) is 49.4 Å². The van der Waals surface area contributed by atoms with E-state index in [0.717, 1.165) is 66.6 Å². The van der Waals surface area contributed by atoms with Gasteiger partial charge < -0.3 is 28.6 Å². The second kappa shape index (κ2) is 13.4. The fourth-order valence-corrected chi connectivity index (χ4v) is 7.72. The molecule has 0 N–H and O–H groups in total. The van der Waals surface area contributed by atoms with E-state index in [0.29, 0.717) is 53.0 Å². The quantitative estimate of drug-likeness (QED) is 0.163. The van der Waals surface area contributed by atoms with Gasteiger partial charge >= 0.3 is 0 Å². The molecule has 3 aliphatic rings. The molecule has 244 valence electrons. The first-order valence-electron chi connectivity index (χ1n) is 16.4. The van der Waals surface area contributed by atoms with Crippen LogP contribution in [0.1, 0.15) is 47.9 Å². The number of rotatable bonds is 10. The molecule has 0 unspecified atom stereocenters. The molecule has 4 aromatic carbocycles. The zero-order chi connectivity index (χ0) is 32.4. The van der Waals surface area contributed by atoms with Gasteiger partial charge in [0.2, 0.25) is 0 Å². The Balaban J connectivity index is 1.18. The van der Waals surface area contributed by atoms with E-state index in [1.54, 1.807) is 27.4 Å². The van der Waals surface area contributed by atoms with Crippen molar-refractivity contribution in [2.75, 3.05) is 45.9 Å². The molecule has 0 atom stereocenters. The number of hydrogen-bond donors (Lipinski definition) is 0. The summed E-state index contributed by atoms with van der Waals surface area (Å²) in [4.78, 5) is 2.17. The van der Waals surface area contributed by atoms with E-state index in [9.17, 15) is 0 Å². The van der Waals surface area contributed by atoms with Crippen molar-refractivity contribution in [3.8, 4) is 17.2 Å². The third kappa shape index (κ3) is 6.22. The molecule has 7 rings (SSSR count). The predicted octanol–water partition coefficient (Wildman–Crippen LogP) is 8.38. The first-order valence-corrected chi connectivity index (χ1v) is 16.4. The highest BCUT2D eigenvalue weighted by atomic mass is 19.1. The number of anilines is 1. The van der Waals surface area contributed by atoms with Crippen molar-refractivity contribution in [1.29, 1.82) is 0 Å². The summed E-state index contributed by atoms with van der Waals surface area (Å²) in [5, 5.41) is 0. The molecule has 1 spiro atoms. The lowest BCUT2D eigenvalue weighted by Crippen LogP contribution is -2.50. The number of methoxy groups -OCH3 is 3. The van der Waals surface area contributed by atoms with Crippen LogP contribution in [0.2, 0.25) is 0 Å². The summed E-state index contributed by atoms with van der Waals surface area (Å²) >= 11 is 0. The van der Waals surface area contributed by atoms with Crippen LogP contribution in [-0.4, -0.2) is 47.3 Å². The molecule has 7 heteroatoms. The Hall–Kier alpha value is -4.33. The molecule has 47 heavy (non-hydrogen) atoms. The number of hydrogen-bond acceptors (Lipinski definition) is 6. The van der Waals surface area contributed by atoms with Crippen LogP contribution in [0.25, 0.3) is 11.1 Å². The van der Waals surface area contributed by atoms with Gasteiger partial charge in [0.25, 0.3) is 0 Å². The first-order chi connectivity index (χ1) is 23.0. The molecule has 1 saturated heterocycles. The van der Waals surface area contributed by atoms with Crippen molar-refractivity contribution in [3.05, 3.63) is 119 Å². The smallest absolute Gasteiger partial charge is 0.159 e. The number of halogens is 1. The molecular formula is C40H42FNO5. The normalized spacial score (nSPS) is 17.3. The van der Waals surface area contributed by atoms with Crippen molar-refractivity contribution in [2.45, 2.75) is 38.6 Å². The summed E-state index contributed by atoms with van der Waals surface area (Å²) in [5.74, 6) is 2.21. The number of nitrogens with zero attached hydrogens (tertiary/aromatic N) is 1. The van der Waals surface area contributed by atoms with Crippen molar-refractivity contribution in [1.82, 2.24) is 0 Å². The molecule has 2 heterocycles. The monoisotopic (exact) mass is 635 g/mol. The van der Waals surface area contributed by atoms with Crippen molar-refractivity contribution >= 4 is 16.8 Å². The van der Waals surface area contributed by atoms with Crippen LogP contribution >= 0.6 is 0 Å². The second-order valence-electron chi connectivity index (χ2n) is 12.9. The molecular weight excluding hydrogens is 593 g/mol. The SMILES string of the molecule is COc1cc(N2CCC3(CC2)CC(C(OC)OC)C3)c(F)cc1C1=C(c2ccccc2)COc2cc(OCc3ccccc3)ccc21. The van der Waals surface area contributed by atoms with Gasteiger partial charge in [0, 0.05) is 67.6 Å². The Kier molecular flexibility index (Phi) is 8.93. The lowest BCUT2D eigenvalue weighted by molar-refractivity contribution is -0.184. The van der Waals surface area contributed by atoms with Crippen LogP contribution in [0.3, 0.4) is 0 Å².